The first-order valence-corrected chi connectivity index (χ1v) is 5.08. The van der Waals surface area contributed by atoms with Crippen molar-refractivity contribution in [2.75, 3.05) is 19.0 Å². The Bertz CT molecular complexity index is 360. The van der Waals surface area contributed by atoms with Crippen molar-refractivity contribution in [3.05, 3.63) is 12.4 Å². The third-order valence-corrected chi connectivity index (χ3v) is 2.31. The van der Waals surface area contributed by atoms with Crippen LogP contribution in [0.4, 0.5) is 5.82 Å². The number of rotatable bonds is 3. The number of nitrogens with zero attached hydrogens (tertiary/aromatic N) is 2. The largest absolute Gasteiger partial charge is 0.480 e. The third-order valence-electron chi connectivity index (χ3n) is 2.31. The molecule has 1 fully saturated rings. The molecule has 1 N–H and O–H groups in total. The van der Waals surface area contributed by atoms with Gasteiger partial charge in [0.05, 0.1) is 19.5 Å². The van der Waals surface area contributed by atoms with Crippen LogP contribution in [0.15, 0.2) is 12.4 Å². The van der Waals surface area contributed by atoms with Crippen molar-refractivity contribution >= 4 is 11.7 Å². The summed E-state index contributed by atoms with van der Waals surface area (Å²) in [7, 11) is 1.51. The van der Waals surface area contributed by atoms with Crippen molar-refractivity contribution in [1.82, 2.24) is 9.97 Å². The molecule has 1 aromatic rings. The van der Waals surface area contributed by atoms with Crippen molar-refractivity contribution in [3.63, 3.8) is 0 Å². The molecule has 1 aliphatic rings. The molecular formula is C10H13N3O3. The van der Waals surface area contributed by atoms with E-state index in [4.69, 9.17) is 9.47 Å². The minimum absolute atomic E-state index is 0.169. The summed E-state index contributed by atoms with van der Waals surface area (Å²) in [5.74, 6) is 0.647. The van der Waals surface area contributed by atoms with Gasteiger partial charge in [0.1, 0.15) is 6.10 Å². The molecule has 0 radical (unpaired) electrons. The van der Waals surface area contributed by atoms with Gasteiger partial charge in [0.25, 0.3) is 5.91 Å². The van der Waals surface area contributed by atoms with Crippen molar-refractivity contribution < 1.29 is 14.3 Å². The lowest BCUT2D eigenvalue weighted by Gasteiger charge is -2.09. The van der Waals surface area contributed by atoms with Crippen molar-refractivity contribution in [3.8, 4) is 5.88 Å². The smallest absolute Gasteiger partial charge is 0.254 e. The molecule has 86 valence electrons. The lowest BCUT2D eigenvalue weighted by molar-refractivity contribution is -0.124. The summed E-state index contributed by atoms with van der Waals surface area (Å²) in [6.45, 7) is 0.645. The van der Waals surface area contributed by atoms with E-state index in [0.717, 1.165) is 12.8 Å². The summed E-state index contributed by atoms with van der Waals surface area (Å²) in [5, 5.41) is 2.64. The van der Waals surface area contributed by atoms with Crippen molar-refractivity contribution in [2.45, 2.75) is 18.9 Å². The summed E-state index contributed by atoms with van der Waals surface area (Å²) in [4.78, 5) is 19.6. The zero-order valence-electron chi connectivity index (χ0n) is 8.97. The van der Waals surface area contributed by atoms with Crippen LogP contribution in [-0.2, 0) is 9.53 Å². The van der Waals surface area contributed by atoms with E-state index in [1.54, 1.807) is 0 Å². The molecule has 1 aromatic heterocycles. The van der Waals surface area contributed by atoms with Crippen LogP contribution in [0.1, 0.15) is 12.8 Å². The van der Waals surface area contributed by atoms with Gasteiger partial charge < -0.3 is 14.8 Å². The Morgan fingerprint density at radius 3 is 3.00 bits per heavy atom. The number of amides is 1. The predicted molar refractivity (Wildman–Crippen MR) is 56.2 cm³/mol. The molecule has 0 spiro atoms. The van der Waals surface area contributed by atoms with E-state index in [9.17, 15) is 4.79 Å². The number of aromatic nitrogens is 2. The minimum Gasteiger partial charge on any atom is -0.480 e. The van der Waals surface area contributed by atoms with Crippen LogP contribution in [-0.4, -0.2) is 35.7 Å². The van der Waals surface area contributed by atoms with Gasteiger partial charge in [-0.05, 0) is 12.8 Å². The maximum absolute atomic E-state index is 11.6. The lowest BCUT2D eigenvalue weighted by Crippen LogP contribution is -2.27. The Morgan fingerprint density at radius 2 is 2.44 bits per heavy atom. The lowest BCUT2D eigenvalue weighted by atomic mass is 10.2. The normalized spacial score (nSPS) is 19.4. The molecule has 0 saturated carbocycles. The number of anilines is 1. The first-order valence-electron chi connectivity index (χ1n) is 5.08. The van der Waals surface area contributed by atoms with Crippen LogP contribution in [0, 0.1) is 0 Å². The molecule has 1 amide bonds. The molecule has 0 bridgehead atoms. The van der Waals surface area contributed by atoms with E-state index in [-0.39, 0.29) is 12.0 Å². The monoisotopic (exact) mass is 223 g/mol. The van der Waals surface area contributed by atoms with Gasteiger partial charge in [0, 0.05) is 6.61 Å². The minimum atomic E-state index is -0.357. The summed E-state index contributed by atoms with van der Waals surface area (Å²) in [6.07, 6.45) is 4.22. The van der Waals surface area contributed by atoms with Crippen LogP contribution in [0.25, 0.3) is 0 Å². The van der Waals surface area contributed by atoms with Crippen LogP contribution in [0.3, 0.4) is 0 Å². The predicted octanol–water partition coefficient (Wildman–Crippen LogP) is 0.603. The van der Waals surface area contributed by atoms with Crippen LogP contribution in [0.5, 0.6) is 5.88 Å². The Kier molecular flexibility index (Phi) is 3.31. The second-order valence-electron chi connectivity index (χ2n) is 3.43. The van der Waals surface area contributed by atoms with Crippen molar-refractivity contribution in [2.24, 2.45) is 0 Å². The number of hydrogen-bond acceptors (Lipinski definition) is 5. The number of nitrogens with one attached hydrogen (secondary N) is 1. The second kappa shape index (κ2) is 4.89. The van der Waals surface area contributed by atoms with Gasteiger partial charge in [-0.1, -0.05) is 0 Å². The highest BCUT2D eigenvalue weighted by molar-refractivity contribution is 5.93. The van der Waals surface area contributed by atoms with E-state index in [1.165, 1.54) is 19.5 Å². The molecule has 16 heavy (non-hydrogen) atoms. The van der Waals surface area contributed by atoms with Gasteiger partial charge in [-0.15, -0.1) is 0 Å². The topological polar surface area (TPSA) is 73.3 Å². The van der Waals surface area contributed by atoms with Gasteiger partial charge >= 0.3 is 0 Å². The zero-order valence-corrected chi connectivity index (χ0v) is 8.97. The van der Waals surface area contributed by atoms with E-state index in [1.807, 2.05) is 0 Å². The summed E-state index contributed by atoms with van der Waals surface area (Å²) in [5.41, 5.74) is 0. The molecule has 2 heterocycles. The molecule has 6 heteroatoms. The van der Waals surface area contributed by atoms with E-state index >= 15 is 0 Å². The first-order chi connectivity index (χ1) is 7.79. The highest BCUT2D eigenvalue weighted by Gasteiger charge is 2.23. The summed E-state index contributed by atoms with van der Waals surface area (Å²) < 4.78 is 10.1. The van der Waals surface area contributed by atoms with E-state index in [2.05, 4.69) is 15.3 Å². The molecular weight excluding hydrogens is 210 g/mol. The molecule has 1 unspecified atom stereocenters. The molecule has 1 saturated heterocycles. The number of methoxy groups -OCH3 is 1. The van der Waals surface area contributed by atoms with E-state index < -0.39 is 0 Å². The average molecular weight is 223 g/mol. The van der Waals surface area contributed by atoms with Crippen molar-refractivity contribution in [1.29, 1.82) is 0 Å². The van der Waals surface area contributed by atoms with Gasteiger partial charge in [0.15, 0.2) is 5.82 Å². The number of ether oxygens (including phenoxy) is 2. The quantitative estimate of drug-likeness (QED) is 0.812. The Labute approximate surface area is 93.0 Å². The Morgan fingerprint density at radius 1 is 1.56 bits per heavy atom. The maximum atomic E-state index is 11.6. The summed E-state index contributed by atoms with van der Waals surface area (Å²) >= 11 is 0. The summed E-state index contributed by atoms with van der Waals surface area (Å²) in [6, 6.07) is 0. The van der Waals surface area contributed by atoms with Crippen LogP contribution >= 0.6 is 0 Å². The van der Waals surface area contributed by atoms with Crippen LogP contribution < -0.4 is 10.1 Å². The number of carbonyl (C=O) groups is 1. The van der Waals surface area contributed by atoms with Gasteiger partial charge in [0.2, 0.25) is 5.88 Å². The second-order valence-corrected chi connectivity index (χ2v) is 3.43. The molecule has 2 rings (SSSR count). The third kappa shape index (κ3) is 2.46. The molecule has 1 atom stereocenters. The van der Waals surface area contributed by atoms with E-state index in [0.29, 0.717) is 18.3 Å². The molecule has 1 aliphatic heterocycles. The van der Waals surface area contributed by atoms with Crippen LogP contribution in [0.2, 0.25) is 0 Å². The Hall–Kier alpha value is -1.69. The van der Waals surface area contributed by atoms with Gasteiger partial charge in [-0.3, -0.25) is 4.79 Å². The highest BCUT2D eigenvalue weighted by atomic mass is 16.5. The number of carbonyl (C=O) groups excluding carboxylic acids is 1. The maximum Gasteiger partial charge on any atom is 0.254 e. The van der Waals surface area contributed by atoms with Gasteiger partial charge in [-0.2, -0.15) is 0 Å². The highest BCUT2D eigenvalue weighted by Crippen LogP contribution is 2.14. The molecule has 0 aromatic carbocycles. The van der Waals surface area contributed by atoms with Gasteiger partial charge in [-0.25, -0.2) is 9.97 Å². The fourth-order valence-electron chi connectivity index (χ4n) is 1.48. The SMILES string of the molecule is COc1cnc(NC(=O)C2CCCO2)cn1. The molecule has 0 aliphatic carbocycles. The number of hydrogen-bond donors (Lipinski definition) is 1. The zero-order chi connectivity index (χ0) is 11.4. The first kappa shape index (κ1) is 10.8. The fraction of sp³-hybridized carbons (Fsp3) is 0.500. The standard InChI is InChI=1S/C10H13N3O3/c1-15-9-6-11-8(5-12-9)13-10(14)7-3-2-4-16-7/h5-7H,2-4H2,1H3,(H,11,13,14). The average Bonchev–Trinajstić information content (AvgIpc) is 2.83. The Balaban J connectivity index is 1.94. The fourth-order valence-corrected chi connectivity index (χ4v) is 1.48. The molecule has 6 nitrogen and oxygen atoms in total.